The third-order valence-electron chi connectivity index (χ3n) is 3.19. The van der Waals surface area contributed by atoms with Crippen LogP contribution in [0.2, 0.25) is 0 Å². The van der Waals surface area contributed by atoms with Crippen molar-refractivity contribution >= 4 is 11.6 Å². The molecule has 6 nitrogen and oxygen atoms in total. The van der Waals surface area contributed by atoms with E-state index in [0.29, 0.717) is 19.0 Å². The van der Waals surface area contributed by atoms with Gasteiger partial charge in [-0.05, 0) is 12.8 Å². The number of amides is 1. The van der Waals surface area contributed by atoms with Gasteiger partial charge in [0, 0.05) is 12.5 Å². The third-order valence-corrected chi connectivity index (χ3v) is 3.19. The van der Waals surface area contributed by atoms with E-state index in [1.165, 1.54) is 6.20 Å². The molecule has 1 unspecified atom stereocenters. The number of ether oxygens (including phenoxy) is 1. The Morgan fingerprint density at radius 1 is 1.38 bits per heavy atom. The molecule has 1 aromatic rings. The fraction of sp³-hybridized carbons (Fsp3) is 0.667. The van der Waals surface area contributed by atoms with Crippen LogP contribution in [0, 0.1) is 5.92 Å². The second-order valence-corrected chi connectivity index (χ2v) is 5.67. The second kappa shape index (κ2) is 7.93. The summed E-state index contributed by atoms with van der Waals surface area (Å²) in [6.07, 6.45) is 1.49. The first kappa shape index (κ1) is 17.4. The zero-order valence-electron chi connectivity index (χ0n) is 13.5. The monoisotopic (exact) mass is 294 g/mol. The Hall–Kier alpha value is -1.69. The fourth-order valence-corrected chi connectivity index (χ4v) is 1.75. The normalized spacial score (nSPS) is 12.7. The van der Waals surface area contributed by atoms with Gasteiger partial charge in [-0.1, -0.05) is 27.7 Å². The van der Waals surface area contributed by atoms with Gasteiger partial charge < -0.3 is 15.8 Å². The van der Waals surface area contributed by atoms with Crippen molar-refractivity contribution in [3.8, 4) is 0 Å². The van der Waals surface area contributed by atoms with E-state index in [4.69, 9.17) is 10.5 Å². The van der Waals surface area contributed by atoms with Gasteiger partial charge in [-0.15, -0.1) is 0 Å². The van der Waals surface area contributed by atoms with E-state index in [2.05, 4.69) is 15.3 Å². The summed E-state index contributed by atoms with van der Waals surface area (Å²) in [7, 11) is 0. The molecular formula is C15H26N4O2. The zero-order valence-corrected chi connectivity index (χ0v) is 13.5. The highest BCUT2D eigenvalue weighted by atomic mass is 16.5. The van der Waals surface area contributed by atoms with Crippen LogP contribution >= 0.6 is 0 Å². The molecule has 3 N–H and O–H groups in total. The summed E-state index contributed by atoms with van der Waals surface area (Å²) < 4.78 is 5.41. The lowest BCUT2D eigenvalue weighted by Gasteiger charge is -2.22. The van der Waals surface area contributed by atoms with Gasteiger partial charge >= 0.3 is 0 Å². The number of rotatable bonds is 7. The van der Waals surface area contributed by atoms with Gasteiger partial charge in [0.2, 0.25) is 0 Å². The van der Waals surface area contributed by atoms with Crippen molar-refractivity contribution in [1.29, 1.82) is 0 Å². The second-order valence-electron chi connectivity index (χ2n) is 5.67. The summed E-state index contributed by atoms with van der Waals surface area (Å²) in [4.78, 5) is 20.8. The molecule has 1 heterocycles. The van der Waals surface area contributed by atoms with Gasteiger partial charge in [0.25, 0.3) is 5.91 Å². The summed E-state index contributed by atoms with van der Waals surface area (Å²) in [5.41, 5.74) is 6.35. The fourth-order valence-electron chi connectivity index (χ4n) is 1.75. The largest absolute Gasteiger partial charge is 0.396 e. The molecule has 0 fully saturated rings. The molecule has 0 spiro atoms. The van der Waals surface area contributed by atoms with Crippen LogP contribution in [-0.4, -0.2) is 35.1 Å². The van der Waals surface area contributed by atoms with Gasteiger partial charge in [0.15, 0.2) is 5.69 Å². The SMILES string of the molecule is CCOCC(NC(=O)c1nc(C(C)C)ncc1N)C(C)C. The minimum absolute atomic E-state index is 0.0747. The maximum absolute atomic E-state index is 12.4. The molecule has 0 saturated carbocycles. The summed E-state index contributed by atoms with van der Waals surface area (Å²) in [5.74, 6) is 0.727. The number of nitrogens with zero attached hydrogens (tertiary/aromatic N) is 2. The molecule has 1 atom stereocenters. The molecule has 1 amide bonds. The average Bonchev–Trinajstić information content (AvgIpc) is 2.42. The molecule has 6 heteroatoms. The lowest BCUT2D eigenvalue weighted by Crippen LogP contribution is -2.42. The number of nitrogen functional groups attached to an aromatic ring is 1. The van der Waals surface area contributed by atoms with Gasteiger partial charge in [-0.3, -0.25) is 4.79 Å². The van der Waals surface area contributed by atoms with Crippen molar-refractivity contribution in [1.82, 2.24) is 15.3 Å². The Labute approximate surface area is 126 Å². The highest BCUT2D eigenvalue weighted by Gasteiger charge is 2.20. The highest BCUT2D eigenvalue weighted by molar-refractivity contribution is 5.97. The molecular weight excluding hydrogens is 268 g/mol. The average molecular weight is 294 g/mol. The van der Waals surface area contributed by atoms with E-state index in [1.807, 2.05) is 34.6 Å². The molecule has 1 aromatic heterocycles. The Morgan fingerprint density at radius 3 is 2.57 bits per heavy atom. The highest BCUT2D eigenvalue weighted by Crippen LogP contribution is 2.14. The van der Waals surface area contributed by atoms with Crippen LogP contribution in [0.4, 0.5) is 5.69 Å². The molecule has 1 rings (SSSR count). The first-order valence-corrected chi connectivity index (χ1v) is 7.37. The number of hydrogen-bond donors (Lipinski definition) is 2. The van der Waals surface area contributed by atoms with Gasteiger partial charge in [-0.2, -0.15) is 0 Å². The smallest absolute Gasteiger partial charge is 0.272 e. The Morgan fingerprint density at radius 2 is 2.05 bits per heavy atom. The quantitative estimate of drug-likeness (QED) is 0.802. The number of aromatic nitrogens is 2. The van der Waals surface area contributed by atoms with Crippen molar-refractivity contribution < 1.29 is 9.53 Å². The molecule has 0 saturated heterocycles. The van der Waals surface area contributed by atoms with Crippen LogP contribution in [0.1, 0.15) is 56.8 Å². The van der Waals surface area contributed by atoms with Crippen LogP contribution < -0.4 is 11.1 Å². The number of carbonyl (C=O) groups excluding carboxylic acids is 1. The maximum atomic E-state index is 12.4. The van der Waals surface area contributed by atoms with Gasteiger partial charge in [-0.25, -0.2) is 9.97 Å². The number of nitrogens with two attached hydrogens (primary N) is 1. The van der Waals surface area contributed by atoms with E-state index >= 15 is 0 Å². The number of carbonyl (C=O) groups is 1. The van der Waals surface area contributed by atoms with E-state index in [0.717, 1.165) is 0 Å². The number of hydrogen-bond acceptors (Lipinski definition) is 5. The first-order valence-electron chi connectivity index (χ1n) is 7.37. The molecule has 0 bridgehead atoms. The molecule has 21 heavy (non-hydrogen) atoms. The van der Waals surface area contributed by atoms with Crippen LogP contribution in [0.25, 0.3) is 0 Å². The topological polar surface area (TPSA) is 90.1 Å². The standard InChI is InChI=1S/C15H26N4O2/c1-6-21-8-12(9(2)3)18-15(20)13-11(16)7-17-14(19-13)10(4)5/h7,9-10,12H,6,8,16H2,1-5H3,(H,18,20). The van der Waals surface area contributed by atoms with Crippen LogP contribution in [0.15, 0.2) is 6.20 Å². The Bertz CT molecular complexity index is 475. The number of nitrogens with one attached hydrogen (secondary N) is 1. The van der Waals surface area contributed by atoms with E-state index < -0.39 is 0 Å². The maximum Gasteiger partial charge on any atom is 0.272 e. The van der Waals surface area contributed by atoms with Crippen LogP contribution in [-0.2, 0) is 4.74 Å². The molecule has 0 aliphatic rings. The summed E-state index contributed by atoms with van der Waals surface area (Å²) >= 11 is 0. The van der Waals surface area contributed by atoms with Crippen LogP contribution in [0.3, 0.4) is 0 Å². The molecule has 0 aromatic carbocycles. The van der Waals surface area contributed by atoms with E-state index in [1.54, 1.807) is 0 Å². The molecule has 0 aliphatic carbocycles. The predicted molar refractivity (Wildman–Crippen MR) is 83.1 cm³/mol. The van der Waals surface area contributed by atoms with Crippen molar-refractivity contribution in [3.63, 3.8) is 0 Å². The summed E-state index contributed by atoms with van der Waals surface area (Å²) in [6.45, 7) is 11.0. The summed E-state index contributed by atoms with van der Waals surface area (Å²) in [5, 5.41) is 2.94. The van der Waals surface area contributed by atoms with E-state index in [-0.39, 0.29) is 35.2 Å². The van der Waals surface area contributed by atoms with E-state index in [9.17, 15) is 4.79 Å². The van der Waals surface area contributed by atoms with Crippen molar-refractivity contribution in [2.45, 2.75) is 46.6 Å². The van der Waals surface area contributed by atoms with Gasteiger partial charge in [0.1, 0.15) is 5.82 Å². The molecule has 118 valence electrons. The number of anilines is 1. The first-order chi connectivity index (χ1) is 9.86. The predicted octanol–water partition coefficient (Wildman–Crippen LogP) is 1.97. The Balaban J connectivity index is 2.89. The minimum Gasteiger partial charge on any atom is -0.396 e. The lowest BCUT2D eigenvalue weighted by atomic mass is 10.1. The van der Waals surface area contributed by atoms with Crippen molar-refractivity contribution in [3.05, 3.63) is 17.7 Å². The van der Waals surface area contributed by atoms with Gasteiger partial charge in [0.05, 0.1) is 24.5 Å². The molecule has 0 radical (unpaired) electrons. The Kier molecular flexibility index (Phi) is 6.55. The van der Waals surface area contributed by atoms with Crippen LogP contribution in [0.5, 0.6) is 0 Å². The summed E-state index contributed by atoms with van der Waals surface area (Å²) in [6, 6.07) is -0.0747. The third kappa shape index (κ3) is 4.97. The lowest BCUT2D eigenvalue weighted by molar-refractivity contribution is 0.0802. The van der Waals surface area contributed by atoms with Crippen molar-refractivity contribution in [2.75, 3.05) is 18.9 Å². The minimum atomic E-state index is -0.282. The van der Waals surface area contributed by atoms with Crippen molar-refractivity contribution in [2.24, 2.45) is 5.92 Å². The zero-order chi connectivity index (χ0) is 16.0. The molecule has 0 aliphatic heterocycles.